The van der Waals surface area contributed by atoms with E-state index in [0.29, 0.717) is 19.3 Å². The molecule has 76 heavy (non-hydrogen) atoms. The van der Waals surface area contributed by atoms with Gasteiger partial charge in [0.25, 0.3) is 0 Å². The van der Waals surface area contributed by atoms with Gasteiger partial charge in [0.2, 0.25) is 0 Å². The fourth-order valence-electron chi connectivity index (χ4n) is 7.99. The monoisotopic (exact) mass is 1080 g/mol. The molecule has 0 spiro atoms. The van der Waals surface area contributed by atoms with Crippen molar-refractivity contribution in [2.75, 3.05) is 26.4 Å². The van der Waals surface area contributed by atoms with E-state index >= 15 is 0 Å². The number of phosphoric acid groups is 1. The lowest BCUT2D eigenvalue weighted by atomic mass is 10.0. The Labute approximate surface area is 463 Å². The molecular weight excluding hydrogens is 976 g/mol. The highest BCUT2D eigenvalue weighted by atomic mass is 31.2. The van der Waals surface area contributed by atoms with Gasteiger partial charge in [0.1, 0.15) is 12.7 Å². The number of aliphatic hydroxyl groups excluding tert-OH is 1. The van der Waals surface area contributed by atoms with Crippen molar-refractivity contribution in [1.82, 2.24) is 0 Å². The first kappa shape index (κ1) is 72.4. The lowest BCUT2D eigenvalue weighted by molar-refractivity contribution is -0.161. The fraction of sp³-hybridized carbons (Fsp3) is 0.703. The maximum atomic E-state index is 12.9. The highest BCUT2D eigenvalue weighted by molar-refractivity contribution is 7.47. The quantitative estimate of drug-likeness (QED) is 0.0197. The predicted molar refractivity (Wildman–Crippen MR) is 316 cm³/mol. The number of aliphatic hydroxyl groups is 1. The van der Waals surface area contributed by atoms with Gasteiger partial charge >= 0.3 is 25.7 Å². The first-order valence-electron chi connectivity index (χ1n) is 30.1. The van der Waals surface area contributed by atoms with Crippen LogP contribution >= 0.6 is 7.82 Å². The Bertz CT molecular complexity index is 1640. The zero-order valence-electron chi connectivity index (χ0n) is 48.2. The number of carbonyl (C=O) groups excluding carboxylic acids is 3. The summed E-state index contributed by atoms with van der Waals surface area (Å²) in [5.74, 6) is -1.51. The summed E-state index contributed by atoms with van der Waals surface area (Å²) in [5.41, 5.74) is 0. The lowest BCUT2D eigenvalue weighted by Gasteiger charge is -2.21. The van der Waals surface area contributed by atoms with Crippen molar-refractivity contribution in [3.63, 3.8) is 0 Å². The summed E-state index contributed by atoms with van der Waals surface area (Å²) in [5, 5.41) is 9.82. The van der Waals surface area contributed by atoms with Gasteiger partial charge in [-0.15, -0.1) is 0 Å². The summed E-state index contributed by atoms with van der Waals surface area (Å²) < 4.78 is 39.6. The van der Waals surface area contributed by atoms with Crippen LogP contribution in [-0.4, -0.2) is 66.5 Å². The number of phosphoric ester groups is 1. The van der Waals surface area contributed by atoms with E-state index < -0.39 is 57.8 Å². The van der Waals surface area contributed by atoms with Crippen LogP contribution in [0, 0.1) is 0 Å². The summed E-state index contributed by atoms with van der Waals surface area (Å²) in [6.07, 6.45) is 67.9. The molecule has 0 bridgehead atoms. The molecule has 0 radical (unpaired) electrons. The third-order valence-electron chi connectivity index (χ3n) is 12.5. The van der Waals surface area contributed by atoms with E-state index in [0.717, 1.165) is 122 Å². The molecule has 0 fully saturated rings. The van der Waals surface area contributed by atoms with Gasteiger partial charge in [-0.05, 0) is 96.3 Å². The Hall–Kier alpha value is -3.60. The molecule has 0 saturated carbocycles. The standard InChI is InChI=1S/C64H109O11P/c1-4-7-10-13-16-19-22-25-27-29-30-32-34-37-40-43-46-49-52-55-64(68)75-61(57-71-62(66)53-50-47-44-41-38-36-33-31-28-26-23-20-17-14-11-8-5-2)59-73-76(69,70)72-58-60(56-65)74-63(67)54-51-48-45-42-39-35-24-21-18-15-12-9-6-3/h7-8,10-11,16-17,19-20,25-28,30,32,37,40,60-61,65H,4-6,9,12-15,18,21-24,29,31,33-36,38-39,41-59H2,1-3H3,(H,69,70)/b10-7-,11-8-,19-16-,20-17-,27-25-,28-26-,32-30-,40-37-. The Morgan fingerprint density at radius 2 is 0.684 bits per heavy atom. The molecule has 0 saturated heterocycles. The summed E-state index contributed by atoms with van der Waals surface area (Å²) in [4.78, 5) is 48.6. The molecule has 3 unspecified atom stereocenters. The number of hydrogen-bond acceptors (Lipinski definition) is 10. The van der Waals surface area contributed by atoms with Gasteiger partial charge in [-0.1, -0.05) is 234 Å². The van der Waals surface area contributed by atoms with E-state index in [4.69, 9.17) is 23.3 Å². The number of esters is 3. The number of unbranched alkanes of at least 4 members (excludes halogenated alkanes) is 22. The summed E-state index contributed by atoms with van der Waals surface area (Å²) >= 11 is 0. The van der Waals surface area contributed by atoms with E-state index in [2.05, 4.69) is 118 Å². The predicted octanol–water partition coefficient (Wildman–Crippen LogP) is 18.0. The van der Waals surface area contributed by atoms with Crippen molar-refractivity contribution in [2.45, 2.75) is 264 Å². The average Bonchev–Trinajstić information content (AvgIpc) is 3.41. The largest absolute Gasteiger partial charge is 0.472 e. The topological polar surface area (TPSA) is 155 Å². The summed E-state index contributed by atoms with van der Waals surface area (Å²) in [7, 11) is -4.76. The Morgan fingerprint density at radius 1 is 0.382 bits per heavy atom. The van der Waals surface area contributed by atoms with Crippen LogP contribution in [0.25, 0.3) is 0 Å². The summed E-state index contributed by atoms with van der Waals surface area (Å²) in [6.45, 7) is 4.38. The van der Waals surface area contributed by atoms with Crippen molar-refractivity contribution in [2.24, 2.45) is 0 Å². The second-order valence-electron chi connectivity index (χ2n) is 19.8. The van der Waals surface area contributed by atoms with Gasteiger partial charge in [-0.2, -0.15) is 0 Å². The highest BCUT2D eigenvalue weighted by Gasteiger charge is 2.28. The van der Waals surface area contributed by atoms with Crippen LogP contribution in [0.5, 0.6) is 0 Å². The van der Waals surface area contributed by atoms with Gasteiger partial charge in [-0.3, -0.25) is 23.4 Å². The van der Waals surface area contributed by atoms with Crippen LogP contribution in [0.1, 0.15) is 252 Å². The van der Waals surface area contributed by atoms with Crippen LogP contribution < -0.4 is 0 Å². The fourth-order valence-corrected chi connectivity index (χ4v) is 8.77. The van der Waals surface area contributed by atoms with Crippen LogP contribution in [-0.2, 0) is 42.2 Å². The Balaban J connectivity index is 4.80. The molecule has 0 aliphatic heterocycles. The maximum absolute atomic E-state index is 12.9. The van der Waals surface area contributed by atoms with Crippen LogP contribution in [0.2, 0.25) is 0 Å². The molecule has 0 aromatic rings. The molecule has 0 rings (SSSR count). The minimum atomic E-state index is -4.76. The number of ether oxygens (including phenoxy) is 3. The Morgan fingerprint density at radius 3 is 1.07 bits per heavy atom. The molecule has 12 heteroatoms. The second kappa shape index (κ2) is 57.6. The molecule has 0 aromatic heterocycles. The number of hydrogen-bond donors (Lipinski definition) is 2. The van der Waals surface area contributed by atoms with Crippen LogP contribution in [0.15, 0.2) is 97.2 Å². The number of allylic oxidation sites excluding steroid dienone is 16. The Kier molecular flexibility index (Phi) is 54.8. The van der Waals surface area contributed by atoms with Crippen molar-refractivity contribution in [3.05, 3.63) is 97.2 Å². The highest BCUT2D eigenvalue weighted by Crippen LogP contribution is 2.43. The number of carbonyl (C=O) groups is 3. The lowest BCUT2D eigenvalue weighted by Crippen LogP contribution is -2.30. The normalized spacial score (nSPS) is 14.0. The number of rotatable bonds is 55. The van der Waals surface area contributed by atoms with Crippen LogP contribution in [0.4, 0.5) is 0 Å². The SMILES string of the molecule is CC/C=C\C/C=C\C/C=C\C/C=C\C/C=C\CCCCCC(=O)OC(COC(=O)CCCCCCCCC/C=C\C/C=C\C/C=C\CC)COP(=O)(O)OCC(CO)OC(=O)CCCCCCCCCCCCCCC. The molecule has 11 nitrogen and oxygen atoms in total. The van der Waals surface area contributed by atoms with Gasteiger partial charge in [-0.25, -0.2) is 4.57 Å². The molecule has 0 aliphatic carbocycles. The van der Waals surface area contributed by atoms with E-state index in [1.807, 2.05) is 0 Å². The average molecular weight is 1090 g/mol. The first-order chi connectivity index (χ1) is 37.2. The van der Waals surface area contributed by atoms with Crippen molar-refractivity contribution >= 4 is 25.7 Å². The van der Waals surface area contributed by atoms with E-state index in [9.17, 15) is 28.9 Å². The molecule has 436 valence electrons. The van der Waals surface area contributed by atoms with Gasteiger partial charge in [0, 0.05) is 19.3 Å². The molecule has 2 N–H and O–H groups in total. The maximum Gasteiger partial charge on any atom is 0.472 e. The summed E-state index contributed by atoms with van der Waals surface area (Å²) in [6, 6.07) is 0. The molecule has 0 heterocycles. The third-order valence-corrected chi connectivity index (χ3v) is 13.5. The molecule has 0 aromatic carbocycles. The molecule has 0 aliphatic rings. The molecule has 3 atom stereocenters. The van der Waals surface area contributed by atoms with Gasteiger partial charge in [0.15, 0.2) is 6.10 Å². The van der Waals surface area contributed by atoms with E-state index in [-0.39, 0.29) is 25.9 Å². The third kappa shape index (κ3) is 55.2. The zero-order valence-corrected chi connectivity index (χ0v) is 49.1. The second-order valence-corrected chi connectivity index (χ2v) is 21.2. The van der Waals surface area contributed by atoms with E-state index in [1.54, 1.807) is 0 Å². The van der Waals surface area contributed by atoms with Gasteiger partial charge < -0.3 is 24.2 Å². The van der Waals surface area contributed by atoms with Crippen molar-refractivity contribution in [3.8, 4) is 0 Å². The van der Waals surface area contributed by atoms with Crippen molar-refractivity contribution in [1.29, 1.82) is 0 Å². The zero-order chi connectivity index (χ0) is 55.5. The molecule has 0 amide bonds. The van der Waals surface area contributed by atoms with Crippen molar-refractivity contribution < 1.29 is 52.2 Å². The minimum Gasteiger partial charge on any atom is -0.462 e. The van der Waals surface area contributed by atoms with Crippen LogP contribution in [0.3, 0.4) is 0 Å². The smallest absolute Gasteiger partial charge is 0.462 e. The van der Waals surface area contributed by atoms with Gasteiger partial charge in [0.05, 0.1) is 19.8 Å². The first-order valence-corrected chi connectivity index (χ1v) is 31.6. The van der Waals surface area contributed by atoms with E-state index in [1.165, 1.54) is 70.6 Å². The molecular formula is C64H109O11P. The minimum absolute atomic E-state index is 0.123.